The Balaban J connectivity index is 2.14. The van der Waals surface area contributed by atoms with Gasteiger partial charge in [0.1, 0.15) is 12.2 Å². The van der Waals surface area contributed by atoms with Crippen LogP contribution in [0.3, 0.4) is 0 Å². The SMILES string of the molecule is CO[C@@H]1O[C@H]2[C@H](OC(=O)[C@@H]2O)[C@H]1O. The van der Waals surface area contributed by atoms with Crippen molar-refractivity contribution >= 4 is 5.97 Å². The molecule has 2 aliphatic heterocycles. The van der Waals surface area contributed by atoms with Gasteiger partial charge in [0.2, 0.25) is 0 Å². The van der Waals surface area contributed by atoms with Crippen LogP contribution in [0, 0.1) is 0 Å². The van der Waals surface area contributed by atoms with E-state index in [-0.39, 0.29) is 0 Å². The molecular formula is C7H10O6. The van der Waals surface area contributed by atoms with Crippen molar-refractivity contribution in [1.82, 2.24) is 0 Å². The van der Waals surface area contributed by atoms with Crippen molar-refractivity contribution in [3.63, 3.8) is 0 Å². The van der Waals surface area contributed by atoms with E-state index in [1.165, 1.54) is 7.11 Å². The Hall–Kier alpha value is -0.690. The average Bonchev–Trinajstić information content (AvgIpc) is 2.56. The van der Waals surface area contributed by atoms with Gasteiger partial charge in [-0.15, -0.1) is 0 Å². The maximum absolute atomic E-state index is 10.8. The minimum atomic E-state index is -1.32. The molecule has 2 rings (SSSR count). The van der Waals surface area contributed by atoms with Crippen molar-refractivity contribution < 1.29 is 29.2 Å². The number of hydrogen-bond acceptors (Lipinski definition) is 6. The lowest BCUT2D eigenvalue weighted by molar-refractivity contribution is -0.177. The van der Waals surface area contributed by atoms with Gasteiger partial charge in [-0.1, -0.05) is 0 Å². The van der Waals surface area contributed by atoms with E-state index in [0.717, 1.165) is 0 Å². The van der Waals surface area contributed by atoms with Crippen LogP contribution in [-0.2, 0) is 19.0 Å². The zero-order chi connectivity index (χ0) is 9.59. The highest BCUT2D eigenvalue weighted by molar-refractivity contribution is 5.78. The molecule has 0 spiro atoms. The van der Waals surface area contributed by atoms with Crippen molar-refractivity contribution in [1.29, 1.82) is 0 Å². The van der Waals surface area contributed by atoms with Gasteiger partial charge in [-0.25, -0.2) is 4.79 Å². The van der Waals surface area contributed by atoms with Crippen molar-refractivity contribution in [2.24, 2.45) is 0 Å². The van der Waals surface area contributed by atoms with Crippen LogP contribution in [0.15, 0.2) is 0 Å². The largest absolute Gasteiger partial charge is 0.454 e. The molecule has 0 aromatic carbocycles. The number of aliphatic hydroxyl groups excluding tert-OH is 2. The summed E-state index contributed by atoms with van der Waals surface area (Å²) in [6, 6.07) is 0. The third-order valence-electron chi connectivity index (χ3n) is 2.27. The van der Waals surface area contributed by atoms with Crippen molar-refractivity contribution in [3.05, 3.63) is 0 Å². The summed E-state index contributed by atoms with van der Waals surface area (Å²) < 4.78 is 14.5. The van der Waals surface area contributed by atoms with Crippen molar-refractivity contribution in [2.45, 2.75) is 30.7 Å². The molecule has 2 aliphatic rings. The fourth-order valence-electron chi connectivity index (χ4n) is 1.59. The Morgan fingerprint density at radius 2 is 2.08 bits per heavy atom. The molecule has 0 radical (unpaired) electrons. The summed E-state index contributed by atoms with van der Waals surface area (Å²) in [5.74, 6) is -0.761. The van der Waals surface area contributed by atoms with Crippen LogP contribution in [0.5, 0.6) is 0 Å². The minimum absolute atomic E-state index is 0.761. The predicted molar refractivity (Wildman–Crippen MR) is 37.6 cm³/mol. The van der Waals surface area contributed by atoms with E-state index in [9.17, 15) is 15.0 Å². The molecule has 2 saturated heterocycles. The normalized spacial score (nSPS) is 49.2. The lowest BCUT2D eigenvalue weighted by atomic mass is 10.1. The van der Waals surface area contributed by atoms with Crippen LogP contribution in [0.1, 0.15) is 0 Å². The second-order valence-electron chi connectivity index (χ2n) is 3.04. The second kappa shape index (κ2) is 2.91. The molecule has 0 bridgehead atoms. The van der Waals surface area contributed by atoms with E-state index in [1.807, 2.05) is 0 Å². The Morgan fingerprint density at radius 3 is 2.62 bits per heavy atom. The van der Waals surface area contributed by atoms with E-state index in [0.29, 0.717) is 0 Å². The first-order valence-corrected chi connectivity index (χ1v) is 3.90. The van der Waals surface area contributed by atoms with Crippen LogP contribution in [-0.4, -0.2) is 54.0 Å². The molecule has 0 aliphatic carbocycles. The number of hydrogen-bond donors (Lipinski definition) is 2. The van der Waals surface area contributed by atoms with E-state index >= 15 is 0 Å². The molecule has 5 atom stereocenters. The highest BCUT2D eigenvalue weighted by Gasteiger charge is 2.56. The van der Waals surface area contributed by atoms with Gasteiger partial charge in [0.25, 0.3) is 0 Å². The minimum Gasteiger partial charge on any atom is -0.454 e. The summed E-state index contributed by atoms with van der Waals surface area (Å²) in [4.78, 5) is 10.8. The molecule has 2 heterocycles. The molecule has 74 valence electrons. The summed E-state index contributed by atoms with van der Waals surface area (Å²) in [5, 5.41) is 18.7. The number of ether oxygens (including phenoxy) is 3. The summed E-state index contributed by atoms with van der Waals surface area (Å²) in [6.45, 7) is 0. The van der Waals surface area contributed by atoms with Crippen LogP contribution >= 0.6 is 0 Å². The molecule has 0 unspecified atom stereocenters. The highest BCUT2D eigenvalue weighted by atomic mass is 16.7. The van der Waals surface area contributed by atoms with Gasteiger partial charge in [-0.3, -0.25) is 0 Å². The van der Waals surface area contributed by atoms with Crippen LogP contribution < -0.4 is 0 Å². The van der Waals surface area contributed by atoms with Gasteiger partial charge in [0.15, 0.2) is 18.5 Å². The average molecular weight is 190 g/mol. The zero-order valence-corrected chi connectivity index (χ0v) is 6.91. The molecule has 6 heteroatoms. The monoisotopic (exact) mass is 190 g/mol. The fourth-order valence-corrected chi connectivity index (χ4v) is 1.59. The summed E-state index contributed by atoms with van der Waals surface area (Å²) in [5.41, 5.74) is 0. The Kier molecular flexibility index (Phi) is 1.99. The molecule has 0 amide bonds. The topological polar surface area (TPSA) is 85.2 Å². The molecule has 0 saturated carbocycles. The quantitative estimate of drug-likeness (QED) is 0.465. The molecule has 0 aromatic rings. The van der Waals surface area contributed by atoms with Crippen LogP contribution in [0.25, 0.3) is 0 Å². The van der Waals surface area contributed by atoms with Gasteiger partial charge in [-0.05, 0) is 0 Å². The van der Waals surface area contributed by atoms with E-state index in [4.69, 9.17) is 14.2 Å². The second-order valence-corrected chi connectivity index (χ2v) is 3.04. The molecule has 2 N–H and O–H groups in total. The van der Waals surface area contributed by atoms with Crippen molar-refractivity contribution in [3.8, 4) is 0 Å². The first-order chi connectivity index (χ1) is 6.15. The zero-order valence-electron chi connectivity index (χ0n) is 6.91. The number of fused-ring (bicyclic) bond motifs is 1. The number of carbonyl (C=O) groups is 1. The molecule has 0 aromatic heterocycles. The summed E-state index contributed by atoms with van der Waals surface area (Å²) in [7, 11) is 1.36. The molecular weight excluding hydrogens is 180 g/mol. The Bertz CT molecular complexity index is 229. The van der Waals surface area contributed by atoms with E-state index in [2.05, 4.69) is 0 Å². The number of methoxy groups -OCH3 is 1. The Labute approximate surface area is 74.0 Å². The van der Waals surface area contributed by atoms with E-state index < -0.39 is 36.7 Å². The standard InChI is InChI=1S/C7H10O6/c1-11-7-3(9)5-4(13-7)2(8)6(10)12-5/h2-5,7-9H,1H3/t2-,3-,4-,5-,7-/m1/s1. The fraction of sp³-hybridized carbons (Fsp3) is 0.857. The van der Waals surface area contributed by atoms with Gasteiger partial charge >= 0.3 is 5.97 Å². The van der Waals surface area contributed by atoms with Gasteiger partial charge in [0.05, 0.1) is 0 Å². The predicted octanol–water partition coefficient (Wildman–Crippen LogP) is -2.00. The first kappa shape index (κ1) is 8.89. The maximum atomic E-state index is 10.8. The Morgan fingerprint density at radius 1 is 1.38 bits per heavy atom. The number of esters is 1. The smallest absolute Gasteiger partial charge is 0.338 e. The number of carbonyl (C=O) groups excluding carboxylic acids is 1. The lowest BCUT2D eigenvalue weighted by Gasteiger charge is -2.14. The van der Waals surface area contributed by atoms with Crippen LogP contribution in [0.4, 0.5) is 0 Å². The highest BCUT2D eigenvalue weighted by Crippen LogP contribution is 2.31. The van der Waals surface area contributed by atoms with Crippen LogP contribution in [0.2, 0.25) is 0 Å². The summed E-state index contributed by atoms with van der Waals surface area (Å²) in [6.07, 6.45) is -4.81. The summed E-state index contributed by atoms with van der Waals surface area (Å²) >= 11 is 0. The van der Waals surface area contributed by atoms with Gasteiger partial charge in [-0.2, -0.15) is 0 Å². The van der Waals surface area contributed by atoms with Gasteiger partial charge in [0, 0.05) is 7.11 Å². The van der Waals surface area contributed by atoms with E-state index in [1.54, 1.807) is 0 Å². The molecule has 2 fully saturated rings. The molecule has 6 nitrogen and oxygen atoms in total. The third-order valence-corrected chi connectivity index (χ3v) is 2.27. The number of aliphatic hydroxyl groups is 2. The maximum Gasteiger partial charge on any atom is 0.338 e. The third kappa shape index (κ3) is 1.14. The molecule has 13 heavy (non-hydrogen) atoms. The van der Waals surface area contributed by atoms with Crippen molar-refractivity contribution in [2.75, 3.05) is 7.11 Å². The van der Waals surface area contributed by atoms with Gasteiger partial charge < -0.3 is 24.4 Å². The lowest BCUT2D eigenvalue weighted by Crippen LogP contribution is -2.32. The first-order valence-electron chi connectivity index (χ1n) is 3.90. The number of rotatable bonds is 1.